The lowest BCUT2D eigenvalue weighted by Gasteiger charge is -2.35. The van der Waals surface area contributed by atoms with Crippen LogP contribution >= 0.6 is 0 Å². The maximum Gasteiger partial charge on any atom is 0.272 e. The molecule has 1 atom stereocenters. The molecule has 0 bridgehead atoms. The average molecular weight is 277 g/mol. The van der Waals surface area contributed by atoms with Crippen LogP contribution in [0.2, 0.25) is 0 Å². The van der Waals surface area contributed by atoms with Gasteiger partial charge in [0.15, 0.2) is 0 Å². The molecule has 2 heterocycles. The SMILES string of the molecule is CCn1nc(C)cc1C(=O)N1CCCCC1CC(C)=O. The Kier molecular flexibility index (Phi) is 4.57. The minimum atomic E-state index is 0.0124. The fourth-order valence-corrected chi connectivity index (χ4v) is 2.92. The molecule has 5 heteroatoms. The molecule has 1 aromatic rings. The number of rotatable bonds is 4. The number of hydrogen-bond donors (Lipinski definition) is 0. The molecular formula is C15H23N3O2. The van der Waals surface area contributed by atoms with Crippen LogP contribution in [0.25, 0.3) is 0 Å². The van der Waals surface area contributed by atoms with Crippen molar-refractivity contribution in [2.75, 3.05) is 6.54 Å². The van der Waals surface area contributed by atoms with E-state index in [0.29, 0.717) is 18.7 Å². The second-order valence-corrected chi connectivity index (χ2v) is 5.54. The Morgan fingerprint density at radius 1 is 1.40 bits per heavy atom. The van der Waals surface area contributed by atoms with Gasteiger partial charge in [0, 0.05) is 25.6 Å². The summed E-state index contributed by atoms with van der Waals surface area (Å²) in [7, 11) is 0. The molecule has 1 amide bonds. The van der Waals surface area contributed by atoms with Gasteiger partial charge in [-0.05, 0) is 46.1 Å². The van der Waals surface area contributed by atoms with Gasteiger partial charge in [-0.25, -0.2) is 0 Å². The molecule has 1 aromatic heterocycles. The molecule has 110 valence electrons. The van der Waals surface area contributed by atoms with Crippen molar-refractivity contribution in [3.8, 4) is 0 Å². The molecule has 1 aliphatic heterocycles. The molecule has 1 fully saturated rings. The predicted octanol–water partition coefficient (Wildman–Crippen LogP) is 2.19. The van der Waals surface area contributed by atoms with Crippen LogP contribution in [0.1, 0.15) is 55.7 Å². The molecule has 5 nitrogen and oxygen atoms in total. The highest BCUT2D eigenvalue weighted by atomic mass is 16.2. The summed E-state index contributed by atoms with van der Waals surface area (Å²) in [6.07, 6.45) is 3.49. The molecule has 20 heavy (non-hydrogen) atoms. The number of aromatic nitrogens is 2. The number of nitrogens with zero attached hydrogens (tertiary/aromatic N) is 3. The van der Waals surface area contributed by atoms with Crippen molar-refractivity contribution < 1.29 is 9.59 Å². The zero-order valence-electron chi connectivity index (χ0n) is 12.6. The summed E-state index contributed by atoms with van der Waals surface area (Å²) in [5, 5.41) is 4.33. The highest BCUT2D eigenvalue weighted by Crippen LogP contribution is 2.22. The van der Waals surface area contributed by atoms with Gasteiger partial charge in [-0.2, -0.15) is 5.10 Å². The fourth-order valence-electron chi connectivity index (χ4n) is 2.92. The predicted molar refractivity (Wildman–Crippen MR) is 76.6 cm³/mol. The van der Waals surface area contributed by atoms with Gasteiger partial charge in [0.25, 0.3) is 5.91 Å². The number of carbonyl (C=O) groups is 2. The minimum absolute atomic E-state index is 0.0124. The first-order valence-electron chi connectivity index (χ1n) is 7.37. The normalized spacial score (nSPS) is 19.1. The first-order chi connectivity index (χ1) is 9.52. The van der Waals surface area contributed by atoms with E-state index in [1.165, 1.54) is 0 Å². The molecule has 2 rings (SSSR count). The van der Waals surface area contributed by atoms with Crippen LogP contribution in [-0.4, -0.2) is 39.0 Å². The molecule has 0 saturated carbocycles. The van der Waals surface area contributed by atoms with Crippen molar-refractivity contribution in [1.82, 2.24) is 14.7 Å². The molecule has 0 aromatic carbocycles. The van der Waals surface area contributed by atoms with Crippen molar-refractivity contribution in [3.05, 3.63) is 17.5 Å². The monoisotopic (exact) mass is 277 g/mol. The third-order valence-corrected chi connectivity index (χ3v) is 3.83. The van der Waals surface area contributed by atoms with Crippen molar-refractivity contribution in [3.63, 3.8) is 0 Å². The van der Waals surface area contributed by atoms with Gasteiger partial charge in [0.2, 0.25) is 0 Å². The quantitative estimate of drug-likeness (QED) is 0.847. The van der Waals surface area contributed by atoms with Crippen molar-refractivity contribution in [2.45, 2.75) is 59.0 Å². The number of aryl methyl sites for hydroxylation is 2. The van der Waals surface area contributed by atoms with Crippen LogP contribution in [0.4, 0.5) is 0 Å². The standard InChI is InChI=1S/C15H23N3O2/c1-4-18-14(9-11(2)16-18)15(20)17-8-6-5-7-13(17)10-12(3)19/h9,13H,4-8,10H2,1-3H3. The van der Waals surface area contributed by atoms with E-state index in [1.54, 1.807) is 11.6 Å². The maximum absolute atomic E-state index is 12.7. The molecule has 1 unspecified atom stereocenters. The molecule has 0 radical (unpaired) electrons. The Bertz CT molecular complexity index is 507. The van der Waals surface area contributed by atoms with Gasteiger partial charge >= 0.3 is 0 Å². The highest BCUT2D eigenvalue weighted by Gasteiger charge is 2.30. The lowest BCUT2D eigenvalue weighted by Crippen LogP contribution is -2.45. The van der Waals surface area contributed by atoms with Gasteiger partial charge in [-0.3, -0.25) is 14.3 Å². The zero-order chi connectivity index (χ0) is 14.7. The molecular weight excluding hydrogens is 254 g/mol. The van der Waals surface area contributed by atoms with Crippen LogP contribution in [0.5, 0.6) is 0 Å². The first-order valence-corrected chi connectivity index (χ1v) is 7.37. The smallest absolute Gasteiger partial charge is 0.272 e. The van der Waals surface area contributed by atoms with Crippen molar-refractivity contribution in [1.29, 1.82) is 0 Å². The number of amides is 1. The van der Waals surface area contributed by atoms with Crippen LogP contribution in [-0.2, 0) is 11.3 Å². The van der Waals surface area contributed by atoms with Gasteiger partial charge < -0.3 is 4.90 Å². The summed E-state index contributed by atoms with van der Waals surface area (Å²) in [4.78, 5) is 26.0. The van der Waals surface area contributed by atoms with Crippen LogP contribution in [0.15, 0.2) is 6.07 Å². The average Bonchev–Trinajstić information content (AvgIpc) is 2.79. The Balaban J connectivity index is 2.22. The van der Waals surface area contributed by atoms with Crippen LogP contribution in [0.3, 0.4) is 0 Å². The van der Waals surface area contributed by atoms with E-state index < -0.39 is 0 Å². The number of carbonyl (C=O) groups excluding carboxylic acids is 2. The summed E-state index contributed by atoms with van der Waals surface area (Å²) >= 11 is 0. The number of piperidine rings is 1. The number of Topliss-reactive ketones (excluding diaryl/α,β-unsaturated/α-hetero) is 1. The van der Waals surface area contributed by atoms with Crippen LogP contribution < -0.4 is 0 Å². The Morgan fingerprint density at radius 3 is 2.80 bits per heavy atom. The Morgan fingerprint density at radius 2 is 2.15 bits per heavy atom. The van der Waals surface area contributed by atoms with E-state index >= 15 is 0 Å². The van der Waals surface area contributed by atoms with Gasteiger partial charge in [0.05, 0.1) is 5.69 Å². The van der Waals surface area contributed by atoms with Crippen LogP contribution in [0, 0.1) is 6.92 Å². The third-order valence-electron chi connectivity index (χ3n) is 3.83. The summed E-state index contributed by atoms with van der Waals surface area (Å²) < 4.78 is 1.75. The van der Waals surface area contributed by atoms with E-state index in [9.17, 15) is 9.59 Å². The fraction of sp³-hybridized carbons (Fsp3) is 0.667. The Hall–Kier alpha value is -1.65. The number of likely N-dealkylation sites (tertiary alicyclic amines) is 1. The van der Waals surface area contributed by atoms with E-state index in [-0.39, 0.29) is 17.7 Å². The largest absolute Gasteiger partial charge is 0.334 e. The Labute approximate surface area is 119 Å². The zero-order valence-corrected chi connectivity index (χ0v) is 12.6. The van der Waals surface area contributed by atoms with E-state index in [4.69, 9.17) is 0 Å². The van der Waals surface area contributed by atoms with Gasteiger partial charge in [0.1, 0.15) is 11.5 Å². The van der Waals surface area contributed by atoms with E-state index in [2.05, 4.69) is 5.10 Å². The van der Waals surface area contributed by atoms with Gasteiger partial charge in [-0.15, -0.1) is 0 Å². The summed E-state index contributed by atoms with van der Waals surface area (Å²) in [5.41, 5.74) is 1.50. The molecule has 1 aliphatic rings. The molecule has 1 saturated heterocycles. The summed E-state index contributed by atoms with van der Waals surface area (Å²) in [5.74, 6) is 0.160. The number of ketones is 1. The topological polar surface area (TPSA) is 55.2 Å². The minimum Gasteiger partial charge on any atom is -0.334 e. The summed E-state index contributed by atoms with van der Waals surface area (Å²) in [6, 6.07) is 1.89. The molecule has 0 N–H and O–H groups in total. The lowest BCUT2D eigenvalue weighted by atomic mass is 9.97. The first kappa shape index (κ1) is 14.8. The van der Waals surface area contributed by atoms with Crippen molar-refractivity contribution >= 4 is 11.7 Å². The second kappa shape index (κ2) is 6.20. The van der Waals surface area contributed by atoms with E-state index in [1.807, 2.05) is 24.8 Å². The lowest BCUT2D eigenvalue weighted by molar-refractivity contribution is -0.118. The summed E-state index contributed by atoms with van der Waals surface area (Å²) in [6.45, 7) is 6.89. The maximum atomic E-state index is 12.7. The van der Waals surface area contributed by atoms with E-state index in [0.717, 1.165) is 31.5 Å². The van der Waals surface area contributed by atoms with Gasteiger partial charge in [-0.1, -0.05) is 0 Å². The molecule has 0 spiro atoms. The van der Waals surface area contributed by atoms with Crippen molar-refractivity contribution in [2.24, 2.45) is 0 Å². The molecule has 0 aliphatic carbocycles. The third kappa shape index (κ3) is 3.08. The number of hydrogen-bond acceptors (Lipinski definition) is 3. The second-order valence-electron chi connectivity index (χ2n) is 5.54. The highest BCUT2D eigenvalue weighted by molar-refractivity contribution is 5.93.